The largest absolute Gasteiger partial charge is 0.336 e. The van der Waals surface area contributed by atoms with Gasteiger partial charge in [-0.05, 0) is 30.4 Å². The number of Topliss-reactive ketones (excluding diaryl/α,β-unsaturated/α-hetero) is 1. The lowest BCUT2D eigenvalue weighted by molar-refractivity contribution is -0.133. The van der Waals surface area contributed by atoms with Gasteiger partial charge in [-0.3, -0.25) is 19.4 Å². The molecule has 7 nitrogen and oxygen atoms in total. The normalized spacial score (nSPS) is 26.8. The van der Waals surface area contributed by atoms with E-state index in [0.29, 0.717) is 5.69 Å². The van der Waals surface area contributed by atoms with Crippen LogP contribution in [0, 0.1) is 36.9 Å². The van der Waals surface area contributed by atoms with Crippen LogP contribution in [0.1, 0.15) is 69.0 Å². The van der Waals surface area contributed by atoms with Gasteiger partial charge in [0.15, 0.2) is 5.82 Å². The van der Waals surface area contributed by atoms with Gasteiger partial charge >= 0.3 is 0 Å². The Balaban J connectivity index is 1.32. The lowest BCUT2D eigenvalue weighted by atomic mass is 9.74. The van der Waals surface area contributed by atoms with Crippen LogP contribution < -0.4 is 10.6 Å². The number of carbonyl (C=O) groups is 3. The van der Waals surface area contributed by atoms with Gasteiger partial charge < -0.3 is 15.2 Å². The van der Waals surface area contributed by atoms with E-state index in [0.717, 1.165) is 12.3 Å². The number of hydrogen-bond donors (Lipinski definition) is 2. The van der Waals surface area contributed by atoms with Gasteiger partial charge in [0.05, 0.1) is 11.3 Å². The molecule has 2 aromatic heterocycles. The quantitative estimate of drug-likeness (QED) is 0.273. The number of ketones is 1. The summed E-state index contributed by atoms with van der Waals surface area (Å²) >= 11 is 0. The number of hydrogen-bond acceptors (Lipinski definition) is 4. The van der Waals surface area contributed by atoms with Crippen LogP contribution in [-0.2, 0) is 4.79 Å². The van der Waals surface area contributed by atoms with E-state index in [1.807, 2.05) is 0 Å². The van der Waals surface area contributed by atoms with Crippen LogP contribution in [0.15, 0.2) is 12.3 Å². The van der Waals surface area contributed by atoms with Crippen LogP contribution in [-0.4, -0.2) is 38.6 Å². The second kappa shape index (κ2) is 6.93. The van der Waals surface area contributed by atoms with Crippen molar-refractivity contribution in [3.63, 3.8) is 0 Å². The molecule has 0 aromatic carbocycles. The molecule has 7 rings (SSSR count). The zero-order valence-corrected chi connectivity index (χ0v) is 18.5. The van der Waals surface area contributed by atoms with Crippen molar-refractivity contribution in [3.05, 3.63) is 46.3 Å². The third-order valence-electron chi connectivity index (χ3n) is 7.65. The summed E-state index contributed by atoms with van der Waals surface area (Å²) in [4.78, 5) is 42.4. The van der Waals surface area contributed by atoms with E-state index in [9.17, 15) is 36.3 Å². The standard InChI is InChI=1S/C24H17F5N4O3/c1-3-23(6-24(28,29)7-23)32-22(36)19(34)10-8(2)16(33-17(10)11-12-13(11)18(12)33)21(35)31-9-4-5-30-15(14(9)25)20(26)27/h1,4-5,11-13,18,20H,6-7H2,2H3,(H,32,36)(H,30,31,35)/t11?,12-,13?,18-/m0/s1. The molecule has 2 unspecified atom stereocenters. The Kier molecular flexibility index (Phi) is 4.37. The maximum absolute atomic E-state index is 14.4. The summed E-state index contributed by atoms with van der Waals surface area (Å²) in [7, 11) is 0. The number of halogens is 5. The predicted molar refractivity (Wildman–Crippen MR) is 113 cm³/mol. The SMILES string of the molecule is C#CC1(NC(=O)C(=O)c2c(C)c(C(=O)Nc3ccnc(C(F)F)c3F)n3c2C2C4[C@H]2[C@@H]43)CC(F)(F)C1. The van der Waals surface area contributed by atoms with Gasteiger partial charge in [-0.25, -0.2) is 22.0 Å². The Hall–Kier alpha value is -3.75. The molecule has 4 heterocycles. The Morgan fingerprint density at radius 1 is 1.25 bits per heavy atom. The third kappa shape index (κ3) is 2.91. The summed E-state index contributed by atoms with van der Waals surface area (Å²) in [5.41, 5.74) is -2.63. The van der Waals surface area contributed by atoms with Crippen molar-refractivity contribution in [2.75, 3.05) is 5.32 Å². The molecule has 12 heteroatoms. The number of anilines is 1. The van der Waals surface area contributed by atoms with E-state index in [2.05, 4.69) is 21.5 Å². The second-order valence-corrected chi connectivity index (χ2v) is 9.81. The minimum atomic E-state index is -3.19. The van der Waals surface area contributed by atoms with Crippen LogP contribution in [0.5, 0.6) is 0 Å². The minimum Gasteiger partial charge on any atom is -0.336 e. The van der Waals surface area contributed by atoms with E-state index in [1.165, 1.54) is 6.92 Å². The molecule has 3 aliphatic carbocycles. The molecule has 4 atom stereocenters. The highest BCUT2D eigenvalue weighted by atomic mass is 19.3. The first kappa shape index (κ1) is 22.7. The second-order valence-electron chi connectivity index (χ2n) is 9.81. The smallest absolute Gasteiger partial charge is 0.293 e. The highest BCUT2D eigenvalue weighted by molar-refractivity contribution is 6.44. The summed E-state index contributed by atoms with van der Waals surface area (Å²) in [5.74, 6) is -4.86. The van der Waals surface area contributed by atoms with Crippen molar-refractivity contribution in [1.29, 1.82) is 0 Å². The van der Waals surface area contributed by atoms with Gasteiger partial charge in [-0.2, -0.15) is 0 Å². The summed E-state index contributed by atoms with van der Waals surface area (Å²) in [5, 5.41) is 4.51. The van der Waals surface area contributed by atoms with Crippen LogP contribution in [0.25, 0.3) is 0 Å². The first-order chi connectivity index (χ1) is 16.9. The monoisotopic (exact) mass is 504 g/mol. The fraction of sp³-hybridized carbons (Fsp3) is 0.417. The van der Waals surface area contributed by atoms with Gasteiger partial charge in [0.1, 0.15) is 16.9 Å². The number of aromatic nitrogens is 2. The van der Waals surface area contributed by atoms with E-state index in [-0.39, 0.29) is 40.6 Å². The molecule has 2 bridgehead atoms. The molecule has 0 spiro atoms. The molecule has 0 saturated heterocycles. The number of terminal acetylenes is 1. The summed E-state index contributed by atoms with van der Waals surface area (Å²) < 4.78 is 68.9. The molecule has 2 N–H and O–H groups in total. The van der Waals surface area contributed by atoms with E-state index >= 15 is 0 Å². The Morgan fingerprint density at radius 2 is 1.92 bits per heavy atom. The van der Waals surface area contributed by atoms with Gasteiger partial charge in [0.2, 0.25) is 0 Å². The highest BCUT2D eigenvalue weighted by Gasteiger charge is 2.81. The number of carbonyl (C=O) groups excluding carboxylic acids is 3. The zero-order chi connectivity index (χ0) is 25.9. The van der Waals surface area contributed by atoms with Crippen molar-refractivity contribution in [3.8, 4) is 12.3 Å². The molecule has 36 heavy (non-hydrogen) atoms. The van der Waals surface area contributed by atoms with E-state index in [1.54, 1.807) is 4.57 Å². The Labute approximate surface area is 200 Å². The number of amides is 2. The first-order valence-electron chi connectivity index (χ1n) is 11.1. The highest BCUT2D eigenvalue weighted by Crippen LogP contribution is 2.86. The van der Waals surface area contributed by atoms with Gasteiger partial charge in [0, 0.05) is 36.7 Å². The molecule has 5 aliphatic rings. The predicted octanol–water partition coefficient (Wildman–Crippen LogP) is 3.52. The average molecular weight is 504 g/mol. The third-order valence-corrected chi connectivity index (χ3v) is 7.65. The number of alkyl halides is 4. The molecule has 3 fully saturated rings. The average Bonchev–Trinajstić information content (AvgIpc) is 3.58. The molecule has 2 aliphatic heterocycles. The Bertz CT molecular complexity index is 1420. The minimum absolute atomic E-state index is 0.00954. The van der Waals surface area contributed by atoms with Crippen LogP contribution in [0.2, 0.25) is 0 Å². The summed E-state index contributed by atoms with van der Waals surface area (Å²) in [6.07, 6.45) is 1.50. The van der Waals surface area contributed by atoms with Crippen molar-refractivity contribution in [2.24, 2.45) is 11.8 Å². The fourth-order valence-corrected chi connectivity index (χ4v) is 5.96. The number of rotatable bonds is 6. The van der Waals surface area contributed by atoms with Crippen molar-refractivity contribution >= 4 is 23.3 Å². The van der Waals surface area contributed by atoms with Crippen LogP contribution in [0.3, 0.4) is 0 Å². The number of nitrogens with zero attached hydrogens (tertiary/aromatic N) is 2. The van der Waals surface area contributed by atoms with E-state index < -0.39 is 65.5 Å². The molecular formula is C24H17F5N4O3. The molecule has 186 valence electrons. The zero-order valence-electron chi connectivity index (χ0n) is 18.5. The summed E-state index contributed by atoms with van der Waals surface area (Å²) in [6, 6.07) is 0.982. The number of pyridine rings is 1. The van der Waals surface area contributed by atoms with E-state index in [4.69, 9.17) is 6.42 Å². The summed E-state index contributed by atoms with van der Waals surface area (Å²) in [6.45, 7) is 1.44. The first-order valence-corrected chi connectivity index (χ1v) is 11.1. The lowest BCUT2D eigenvalue weighted by Gasteiger charge is -2.43. The van der Waals surface area contributed by atoms with Gasteiger partial charge in [-0.15, -0.1) is 6.42 Å². The lowest BCUT2D eigenvalue weighted by Crippen LogP contribution is -2.62. The van der Waals surface area contributed by atoms with Gasteiger partial charge in [0.25, 0.3) is 29.9 Å². The van der Waals surface area contributed by atoms with Gasteiger partial charge in [-0.1, -0.05) is 5.92 Å². The van der Waals surface area contributed by atoms with Crippen LogP contribution >= 0.6 is 0 Å². The molecule has 3 saturated carbocycles. The van der Waals surface area contributed by atoms with Crippen molar-refractivity contribution in [1.82, 2.24) is 14.9 Å². The molecular weight excluding hydrogens is 487 g/mol. The van der Waals surface area contributed by atoms with Crippen molar-refractivity contribution in [2.45, 2.75) is 49.6 Å². The molecule has 2 aromatic rings. The molecule has 2 amide bonds. The van der Waals surface area contributed by atoms with Crippen molar-refractivity contribution < 1.29 is 36.3 Å². The maximum Gasteiger partial charge on any atom is 0.293 e. The fourth-order valence-electron chi connectivity index (χ4n) is 5.96. The molecule has 0 radical (unpaired) electrons. The Morgan fingerprint density at radius 3 is 2.50 bits per heavy atom. The maximum atomic E-state index is 14.4. The van der Waals surface area contributed by atoms with Crippen LogP contribution in [0.4, 0.5) is 27.6 Å². The topological polar surface area (TPSA) is 93.1 Å². The number of nitrogens with one attached hydrogen (secondary N) is 2.